The highest BCUT2D eigenvalue weighted by atomic mass is 16.5. The molecule has 3 atom stereocenters. The maximum atomic E-state index is 11.9. The number of rotatable bonds is 4. The summed E-state index contributed by atoms with van der Waals surface area (Å²) in [5.41, 5.74) is 5.14. The first-order valence-electron chi connectivity index (χ1n) is 6.20. The molecule has 0 amide bonds. The number of carbonyl (C=O) groups excluding carboxylic acids is 1. The zero-order chi connectivity index (χ0) is 12.2. The Morgan fingerprint density at radius 3 is 2.56 bits per heavy atom. The summed E-state index contributed by atoms with van der Waals surface area (Å²) >= 11 is 0. The molecule has 0 radical (unpaired) electrons. The van der Waals surface area contributed by atoms with Crippen LogP contribution in [0.5, 0.6) is 0 Å². The van der Waals surface area contributed by atoms with Crippen LogP contribution < -0.4 is 5.73 Å². The van der Waals surface area contributed by atoms with Gasteiger partial charge in [0, 0.05) is 5.92 Å². The Bertz CT molecular complexity index is 244. The highest BCUT2D eigenvalue weighted by molar-refractivity contribution is 5.81. The largest absolute Gasteiger partial charge is 0.465 e. The lowest BCUT2D eigenvalue weighted by molar-refractivity contribution is -0.155. The van der Waals surface area contributed by atoms with E-state index in [-0.39, 0.29) is 11.9 Å². The molecule has 94 valence electrons. The van der Waals surface area contributed by atoms with Crippen molar-refractivity contribution >= 4 is 5.97 Å². The molecule has 1 rings (SSSR count). The lowest BCUT2D eigenvalue weighted by Crippen LogP contribution is -2.58. The lowest BCUT2D eigenvalue weighted by atomic mass is 9.72. The maximum Gasteiger partial charge on any atom is 0.326 e. The molecule has 0 heterocycles. The molecular weight excluding hydrogens is 206 g/mol. The number of esters is 1. The zero-order valence-corrected chi connectivity index (χ0v) is 10.2. The summed E-state index contributed by atoms with van der Waals surface area (Å²) in [7, 11) is 0. The van der Waals surface area contributed by atoms with Crippen molar-refractivity contribution in [2.24, 2.45) is 11.7 Å². The van der Waals surface area contributed by atoms with Gasteiger partial charge in [-0.15, -0.1) is 0 Å². The predicted octanol–water partition coefficient (Wildman–Crippen LogP) is 1.21. The summed E-state index contributed by atoms with van der Waals surface area (Å²) in [4.78, 5) is 11.9. The molecule has 3 N–H and O–H groups in total. The van der Waals surface area contributed by atoms with Gasteiger partial charge in [-0.1, -0.05) is 19.8 Å². The number of hydrogen-bond acceptors (Lipinski definition) is 4. The molecule has 1 saturated carbocycles. The second kappa shape index (κ2) is 5.64. The first kappa shape index (κ1) is 13.5. The minimum Gasteiger partial charge on any atom is -0.465 e. The Labute approximate surface area is 97.2 Å². The van der Waals surface area contributed by atoms with Crippen molar-refractivity contribution in [1.29, 1.82) is 0 Å². The summed E-state index contributed by atoms with van der Waals surface area (Å²) in [5, 5.41) is 9.97. The van der Waals surface area contributed by atoms with E-state index < -0.39 is 11.6 Å². The number of aliphatic hydroxyl groups is 1. The Morgan fingerprint density at radius 2 is 2.06 bits per heavy atom. The van der Waals surface area contributed by atoms with Crippen molar-refractivity contribution in [1.82, 2.24) is 0 Å². The van der Waals surface area contributed by atoms with Crippen LogP contribution in [-0.4, -0.2) is 29.3 Å². The average Bonchev–Trinajstić information content (AvgIpc) is 2.29. The number of carbonyl (C=O) groups is 1. The fourth-order valence-electron chi connectivity index (χ4n) is 2.54. The summed E-state index contributed by atoms with van der Waals surface area (Å²) in [6, 6.07) is 0. The SMILES string of the molecule is CCOC(=O)[C@](N)(CC)[C@H]1CCCC[C@@H]1O. The molecule has 0 spiro atoms. The molecule has 0 aromatic carbocycles. The Balaban J connectivity index is 2.80. The van der Waals surface area contributed by atoms with Crippen molar-refractivity contribution in [2.45, 2.75) is 57.6 Å². The summed E-state index contributed by atoms with van der Waals surface area (Å²) in [5.74, 6) is -0.534. The smallest absolute Gasteiger partial charge is 0.326 e. The van der Waals surface area contributed by atoms with Crippen molar-refractivity contribution < 1.29 is 14.6 Å². The summed E-state index contributed by atoms with van der Waals surface area (Å²) < 4.78 is 5.02. The van der Waals surface area contributed by atoms with E-state index in [9.17, 15) is 9.90 Å². The second-order valence-electron chi connectivity index (χ2n) is 4.57. The van der Waals surface area contributed by atoms with E-state index in [1.165, 1.54) is 0 Å². The van der Waals surface area contributed by atoms with Crippen LogP contribution >= 0.6 is 0 Å². The van der Waals surface area contributed by atoms with Gasteiger partial charge in [0.25, 0.3) is 0 Å². The minimum atomic E-state index is -1.02. The fourth-order valence-corrected chi connectivity index (χ4v) is 2.54. The van der Waals surface area contributed by atoms with Crippen LogP contribution in [0.15, 0.2) is 0 Å². The normalized spacial score (nSPS) is 29.5. The fraction of sp³-hybridized carbons (Fsp3) is 0.917. The van der Waals surface area contributed by atoms with Gasteiger partial charge in [-0.25, -0.2) is 0 Å². The Kier molecular flexibility index (Phi) is 4.74. The van der Waals surface area contributed by atoms with Crippen molar-refractivity contribution in [3.8, 4) is 0 Å². The third-order valence-corrected chi connectivity index (χ3v) is 3.63. The summed E-state index contributed by atoms with van der Waals surface area (Å²) in [6.07, 6.45) is 3.63. The van der Waals surface area contributed by atoms with Gasteiger partial charge in [-0.2, -0.15) is 0 Å². The molecular formula is C12H23NO3. The first-order valence-corrected chi connectivity index (χ1v) is 6.20. The molecule has 4 nitrogen and oxygen atoms in total. The average molecular weight is 229 g/mol. The topological polar surface area (TPSA) is 72.5 Å². The monoisotopic (exact) mass is 229 g/mol. The van der Waals surface area contributed by atoms with Gasteiger partial charge in [-0.05, 0) is 26.2 Å². The minimum absolute atomic E-state index is 0.162. The molecule has 1 fully saturated rings. The summed E-state index contributed by atoms with van der Waals surface area (Å²) in [6.45, 7) is 3.98. The predicted molar refractivity (Wildman–Crippen MR) is 61.8 cm³/mol. The van der Waals surface area contributed by atoms with Crippen LogP contribution in [0.1, 0.15) is 46.0 Å². The Hall–Kier alpha value is -0.610. The highest BCUT2D eigenvalue weighted by Crippen LogP contribution is 2.34. The number of hydrogen-bond donors (Lipinski definition) is 2. The lowest BCUT2D eigenvalue weighted by Gasteiger charge is -2.39. The standard InChI is InChI=1S/C12H23NO3/c1-3-12(13,11(15)16-4-2)9-7-5-6-8-10(9)14/h9-10,14H,3-8,13H2,1-2H3/t9-,10-,12-/m0/s1. The van der Waals surface area contributed by atoms with E-state index in [4.69, 9.17) is 10.5 Å². The Morgan fingerprint density at radius 1 is 1.44 bits per heavy atom. The van der Waals surface area contributed by atoms with Gasteiger partial charge in [0.05, 0.1) is 12.7 Å². The second-order valence-corrected chi connectivity index (χ2v) is 4.57. The highest BCUT2D eigenvalue weighted by Gasteiger charge is 2.45. The molecule has 0 unspecified atom stereocenters. The van der Waals surface area contributed by atoms with Gasteiger partial charge in [0.1, 0.15) is 5.54 Å². The van der Waals surface area contributed by atoms with Crippen LogP contribution in [0.2, 0.25) is 0 Å². The third-order valence-electron chi connectivity index (χ3n) is 3.63. The molecule has 16 heavy (non-hydrogen) atoms. The van der Waals surface area contributed by atoms with Gasteiger partial charge >= 0.3 is 5.97 Å². The molecule has 0 aromatic heterocycles. The van der Waals surface area contributed by atoms with Gasteiger partial charge in [0.15, 0.2) is 0 Å². The van der Waals surface area contributed by atoms with Crippen LogP contribution in [0, 0.1) is 5.92 Å². The van der Waals surface area contributed by atoms with E-state index in [0.29, 0.717) is 13.0 Å². The van der Waals surface area contributed by atoms with Crippen LogP contribution in [0.25, 0.3) is 0 Å². The number of aliphatic hydroxyl groups excluding tert-OH is 1. The maximum absolute atomic E-state index is 11.9. The molecule has 0 saturated heterocycles. The third kappa shape index (κ3) is 2.55. The molecule has 0 aliphatic heterocycles. The van der Waals surface area contributed by atoms with Crippen LogP contribution in [0.3, 0.4) is 0 Å². The van der Waals surface area contributed by atoms with E-state index >= 15 is 0 Å². The number of nitrogens with two attached hydrogens (primary N) is 1. The quantitative estimate of drug-likeness (QED) is 0.711. The molecule has 1 aliphatic carbocycles. The molecule has 4 heteroatoms. The molecule has 0 aromatic rings. The molecule has 0 bridgehead atoms. The van der Waals surface area contributed by atoms with Gasteiger partial charge < -0.3 is 15.6 Å². The van der Waals surface area contributed by atoms with Crippen molar-refractivity contribution in [3.05, 3.63) is 0 Å². The molecule has 1 aliphatic rings. The van der Waals surface area contributed by atoms with Crippen LogP contribution in [0.4, 0.5) is 0 Å². The van der Waals surface area contributed by atoms with Crippen molar-refractivity contribution in [2.75, 3.05) is 6.61 Å². The van der Waals surface area contributed by atoms with E-state index in [2.05, 4.69) is 0 Å². The van der Waals surface area contributed by atoms with Gasteiger partial charge in [-0.3, -0.25) is 4.79 Å². The van der Waals surface area contributed by atoms with Crippen molar-refractivity contribution in [3.63, 3.8) is 0 Å². The van der Waals surface area contributed by atoms with E-state index in [1.54, 1.807) is 6.92 Å². The first-order chi connectivity index (χ1) is 7.56. The number of ether oxygens (including phenoxy) is 1. The zero-order valence-electron chi connectivity index (χ0n) is 10.2. The van der Waals surface area contributed by atoms with Gasteiger partial charge in [0.2, 0.25) is 0 Å². The van der Waals surface area contributed by atoms with Crippen LogP contribution in [-0.2, 0) is 9.53 Å². The van der Waals surface area contributed by atoms with E-state index in [0.717, 1.165) is 25.7 Å². The van der Waals surface area contributed by atoms with E-state index in [1.807, 2.05) is 6.92 Å².